The Morgan fingerprint density at radius 3 is 2.96 bits per heavy atom. The highest BCUT2D eigenvalue weighted by molar-refractivity contribution is 5.85. The highest BCUT2D eigenvalue weighted by atomic mass is 35.5. The summed E-state index contributed by atoms with van der Waals surface area (Å²) in [4.78, 5) is 31.2. The van der Waals surface area contributed by atoms with Gasteiger partial charge in [-0.3, -0.25) is 9.59 Å². The third-order valence-electron chi connectivity index (χ3n) is 4.14. The maximum Gasteiger partial charge on any atom is 0.258 e. The van der Waals surface area contributed by atoms with E-state index in [-0.39, 0.29) is 29.9 Å². The van der Waals surface area contributed by atoms with Crippen LogP contribution in [0.4, 0.5) is 0 Å². The number of carbonyl (C=O) groups is 1. The number of nitrogens with zero attached hydrogens (tertiary/aromatic N) is 1. The summed E-state index contributed by atoms with van der Waals surface area (Å²) in [5, 5.41) is 6.93. The zero-order chi connectivity index (χ0) is 16.1. The maximum absolute atomic E-state index is 12.0. The minimum atomic E-state index is -0.122. The molecule has 1 fully saturated rings. The molecular weight excluding hydrogens is 328 g/mol. The Hall–Kier alpha value is -1.92. The van der Waals surface area contributed by atoms with Gasteiger partial charge in [-0.1, -0.05) is 12.1 Å². The molecule has 1 amide bonds. The molecule has 0 aliphatic carbocycles. The van der Waals surface area contributed by atoms with Gasteiger partial charge in [-0.25, -0.2) is 4.98 Å². The largest absolute Gasteiger partial charge is 0.352 e. The van der Waals surface area contributed by atoms with E-state index in [4.69, 9.17) is 0 Å². The third-order valence-corrected chi connectivity index (χ3v) is 4.14. The molecule has 6 nitrogen and oxygen atoms in total. The number of hydrogen-bond donors (Lipinski definition) is 3. The Labute approximate surface area is 146 Å². The first-order valence-electron chi connectivity index (χ1n) is 8.20. The number of aromatic nitrogens is 2. The number of nitrogens with one attached hydrogen (secondary N) is 3. The van der Waals surface area contributed by atoms with Gasteiger partial charge in [0.05, 0.1) is 10.9 Å². The van der Waals surface area contributed by atoms with Crippen LogP contribution in [0.3, 0.4) is 0 Å². The number of para-hydroxylation sites is 1. The van der Waals surface area contributed by atoms with Gasteiger partial charge < -0.3 is 15.6 Å². The molecular formula is C17H23ClN4O2. The summed E-state index contributed by atoms with van der Waals surface area (Å²) in [6.07, 6.45) is 3.86. The van der Waals surface area contributed by atoms with E-state index in [1.54, 1.807) is 6.07 Å². The smallest absolute Gasteiger partial charge is 0.258 e. The van der Waals surface area contributed by atoms with Crippen LogP contribution in [0.1, 0.15) is 31.5 Å². The molecule has 3 rings (SSSR count). The van der Waals surface area contributed by atoms with Crippen LogP contribution < -0.4 is 16.2 Å². The van der Waals surface area contributed by atoms with E-state index < -0.39 is 0 Å². The number of halogens is 1. The topological polar surface area (TPSA) is 86.9 Å². The van der Waals surface area contributed by atoms with Crippen molar-refractivity contribution < 1.29 is 4.79 Å². The lowest BCUT2D eigenvalue weighted by Gasteiger charge is -2.23. The van der Waals surface area contributed by atoms with Crippen molar-refractivity contribution in [3.63, 3.8) is 0 Å². The molecule has 0 saturated carbocycles. The zero-order valence-corrected chi connectivity index (χ0v) is 14.3. The van der Waals surface area contributed by atoms with E-state index in [2.05, 4.69) is 20.6 Å². The molecule has 2 aromatic rings. The second-order valence-electron chi connectivity index (χ2n) is 5.99. The summed E-state index contributed by atoms with van der Waals surface area (Å²) in [6, 6.07) is 7.52. The molecule has 2 heterocycles. The van der Waals surface area contributed by atoms with Crippen molar-refractivity contribution in [2.24, 2.45) is 0 Å². The zero-order valence-electron chi connectivity index (χ0n) is 13.5. The number of carbonyl (C=O) groups excluding carboxylic acids is 1. The average molecular weight is 351 g/mol. The molecule has 24 heavy (non-hydrogen) atoms. The number of rotatable bonds is 5. The first-order valence-corrected chi connectivity index (χ1v) is 8.20. The van der Waals surface area contributed by atoms with E-state index in [1.807, 2.05) is 18.2 Å². The van der Waals surface area contributed by atoms with Crippen molar-refractivity contribution in [1.82, 2.24) is 20.6 Å². The van der Waals surface area contributed by atoms with Gasteiger partial charge in [-0.2, -0.15) is 0 Å². The molecule has 1 aromatic carbocycles. The Bertz CT molecular complexity index is 741. The number of H-pyrrole nitrogens is 1. The number of aromatic amines is 1. The Kier molecular flexibility index (Phi) is 6.75. The second kappa shape index (κ2) is 8.80. The molecule has 7 heteroatoms. The number of hydrogen-bond acceptors (Lipinski definition) is 4. The van der Waals surface area contributed by atoms with Crippen LogP contribution >= 0.6 is 12.4 Å². The van der Waals surface area contributed by atoms with Crippen molar-refractivity contribution in [3.8, 4) is 0 Å². The SMILES string of the molecule is Cl.O=C(CCCc1nc2ccccc2c(=O)[nH]1)NC1CCCNC1. The number of benzene rings is 1. The molecule has 1 aromatic heterocycles. The minimum Gasteiger partial charge on any atom is -0.352 e. The summed E-state index contributed by atoms with van der Waals surface area (Å²) in [7, 11) is 0. The van der Waals surface area contributed by atoms with Crippen molar-refractivity contribution in [1.29, 1.82) is 0 Å². The second-order valence-corrected chi connectivity index (χ2v) is 5.99. The van der Waals surface area contributed by atoms with E-state index in [9.17, 15) is 9.59 Å². The number of aryl methyl sites for hydroxylation is 1. The van der Waals surface area contributed by atoms with Crippen LogP contribution in [-0.2, 0) is 11.2 Å². The van der Waals surface area contributed by atoms with E-state index in [0.29, 0.717) is 36.0 Å². The van der Waals surface area contributed by atoms with E-state index >= 15 is 0 Å². The Morgan fingerprint density at radius 2 is 2.17 bits per heavy atom. The van der Waals surface area contributed by atoms with Gasteiger partial charge in [0, 0.05) is 25.4 Å². The fourth-order valence-electron chi connectivity index (χ4n) is 2.94. The quantitative estimate of drug-likeness (QED) is 0.763. The maximum atomic E-state index is 12.0. The van der Waals surface area contributed by atoms with Crippen molar-refractivity contribution in [2.45, 2.75) is 38.1 Å². The lowest BCUT2D eigenvalue weighted by molar-refractivity contribution is -0.122. The van der Waals surface area contributed by atoms with Crippen molar-refractivity contribution in [3.05, 3.63) is 40.4 Å². The highest BCUT2D eigenvalue weighted by Crippen LogP contribution is 2.08. The number of amides is 1. The molecule has 130 valence electrons. The molecule has 0 bridgehead atoms. The van der Waals surface area contributed by atoms with Crippen LogP contribution in [0.2, 0.25) is 0 Å². The fraction of sp³-hybridized carbons (Fsp3) is 0.471. The molecule has 0 spiro atoms. The standard InChI is InChI=1S/C17H22N4O2.ClH/c22-16(19-12-5-4-10-18-11-12)9-3-8-15-20-14-7-2-1-6-13(14)17(23)21-15;/h1-2,6-7,12,18H,3-5,8-11H2,(H,19,22)(H,20,21,23);1H. The van der Waals surface area contributed by atoms with Crippen LogP contribution in [0.5, 0.6) is 0 Å². The third kappa shape index (κ3) is 4.79. The Balaban J connectivity index is 0.00000208. The van der Waals surface area contributed by atoms with Gasteiger partial charge in [-0.05, 0) is 37.9 Å². The summed E-state index contributed by atoms with van der Waals surface area (Å²) in [5.74, 6) is 0.711. The van der Waals surface area contributed by atoms with E-state index in [1.165, 1.54) is 0 Å². The minimum absolute atomic E-state index is 0. The molecule has 1 atom stereocenters. The molecule has 3 N–H and O–H groups in total. The molecule has 1 unspecified atom stereocenters. The predicted octanol–water partition coefficient (Wildman–Crippen LogP) is 1.54. The first-order chi connectivity index (χ1) is 11.2. The van der Waals surface area contributed by atoms with E-state index in [0.717, 1.165) is 25.9 Å². The van der Waals surface area contributed by atoms with Gasteiger partial charge in [-0.15, -0.1) is 12.4 Å². The van der Waals surface area contributed by atoms with Gasteiger partial charge in [0.25, 0.3) is 5.56 Å². The number of piperidine rings is 1. The summed E-state index contributed by atoms with van der Waals surface area (Å²) in [6.45, 7) is 1.89. The first kappa shape index (κ1) is 18.4. The van der Waals surface area contributed by atoms with Crippen molar-refractivity contribution >= 4 is 29.2 Å². The van der Waals surface area contributed by atoms with Gasteiger partial charge in [0.2, 0.25) is 5.91 Å². The number of fused-ring (bicyclic) bond motifs is 1. The predicted molar refractivity (Wildman–Crippen MR) is 96.6 cm³/mol. The summed E-state index contributed by atoms with van der Waals surface area (Å²) in [5.41, 5.74) is 0.576. The van der Waals surface area contributed by atoms with Gasteiger partial charge in [0.15, 0.2) is 0 Å². The lowest BCUT2D eigenvalue weighted by Crippen LogP contribution is -2.45. The lowest BCUT2D eigenvalue weighted by atomic mass is 10.1. The molecule has 1 aliphatic heterocycles. The molecule has 1 aliphatic rings. The van der Waals surface area contributed by atoms with Crippen LogP contribution in [-0.4, -0.2) is 35.0 Å². The highest BCUT2D eigenvalue weighted by Gasteiger charge is 2.15. The molecule has 1 saturated heterocycles. The van der Waals surface area contributed by atoms with Crippen LogP contribution in [0.25, 0.3) is 10.9 Å². The van der Waals surface area contributed by atoms with Crippen LogP contribution in [0, 0.1) is 0 Å². The summed E-state index contributed by atoms with van der Waals surface area (Å²) >= 11 is 0. The van der Waals surface area contributed by atoms with Gasteiger partial charge >= 0.3 is 0 Å². The molecule has 0 radical (unpaired) electrons. The van der Waals surface area contributed by atoms with Crippen molar-refractivity contribution in [2.75, 3.05) is 13.1 Å². The van der Waals surface area contributed by atoms with Gasteiger partial charge in [0.1, 0.15) is 5.82 Å². The summed E-state index contributed by atoms with van der Waals surface area (Å²) < 4.78 is 0. The normalized spacial score (nSPS) is 17.2. The average Bonchev–Trinajstić information content (AvgIpc) is 2.56. The van der Waals surface area contributed by atoms with Crippen LogP contribution in [0.15, 0.2) is 29.1 Å². The Morgan fingerprint density at radius 1 is 1.33 bits per heavy atom. The monoisotopic (exact) mass is 350 g/mol. The fourth-order valence-corrected chi connectivity index (χ4v) is 2.94.